The minimum absolute atomic E-state index is 0. The minimum Gasteiger partial charge on any atom is -2.00 e. The molecule has 0 unspecified atom stereocenters. The second-order valence-electron chi connectivity index (χ2n) is 0. The van der Waals surface area contributed by atoms with E-state index in [0.29, 0.717) is 0 Å². The molecule has 0 aromatic heterocycles. The molecular formula is CdSSeZn. The van der Waals surface area contributed by atoms with Crippen LogP contribution in [0.1, 0.15) is 0 Å². The van der Waals surface area contributed by atoms with E-state index in [1.807, 2.05) is 0 Å². The van der Waals surface area contributed by atoms with Crippen LogP contribution in [0.25, 0.3) is 0 Å². The molecule has 0 aromatic carbocycles. The molecule has 0 atom stereocenters. The molecule has 16 valence electrons. The Morgan fingerprint density at radius 2 is 1.00 bits per heavy atom. The molecule has 0 aliphatic heterocycles. The molecule has 0 fully saturated rings. The summed E-state index contributed by atoms with van der Waals surface area (Å²) in [6, 6.07) is 0. The van der Waals surface area contributed by atoms with Gasteiger partial charge in [-0.25, -0.2) is 0 Å². The molecule has 0 nitrogen and oxygen atoms in total. The Balaban J connectivity index is 0. The van der Waals surface area contributed by atoms with Crippen LogP contribution < -0.4 is 0 Å². The molecule has 0 aliphatic carbocycles. The van der Waals surface area contributed by atoms with Crippen molar-refractivity contribution in [3.05, 3.63) is 0 Å². The molecule has 0 rings (SSSR count). The van der Waals surface area contributed by atoms with Crippen molar-refractivity contribution < 1.29 is 46.8 Å². The smallest absolute Gasteiger partial charge is 2.00 e. The van der Waals surface area contributed by atoms with E-state index in [9.17, 15) is 0 Å². The van der Waals surface area contributed by atoms with E-state index in [1.165, 1.54) is 0 Å². The summed E-state index contributed by atoms with van der Waals surface area (Å²) in [7, 11) is 0. The predicted octanol–water partition coefficient (Wildman–Crippen LogP) is -0.388. The fourth-order valence-corrected chi connectivity index (χ4v) is 0. The van der Waals surface area contributed by atoms with E-state index in [4.69, 9.17) is 0 Å². The van der Waals surface area contributed by atoms with E-state index in [2.05, 4.69) is 0 Å². The molecular weight excluding hydrogens is 289 g/mol. The molecule has 0 N–H and O–H groups in total. The SMILES string of the molecule is [Cd+2].[S-2].[Se-2].[Zn+2]. The van der Waals surface area contributed by atoms with Crippen LogP contribution in [0.5, 0.6) is 0 Å². The zero-order valence-corrected chi connectivity index (χ0v) is 11.8. The third-order valence-corrected chi connectivity index (χ3v) is 0. The minimum atomic E-state index is 0. The number of hydrogen-bond acceptors (Lipinski definition) is 0. The van der Waals surface area contributed by atoms with Crippen LogP contribution >= 0.6 is 0 Å². The second-order valence-corrected chi connectivity index (χ2v) is 0. The summed E-state index contributed by atoms with van der Waals surface area (Å²) in [5.41, 5.74) is 0. The van der Waals surface area contributed by atoms with E-state index in [-0.39, 0.29) is 77.3 Å². The molecule has 4 heteroatoms. The Kier molecular flexibility index (Phi) is 146. The largest absolute Gasteiger partial charge is 2.00 e. The van der Waals surface area contributed by atoms with Crippen molar-refractivity contribution in [1.82, 2.24) is 0 Å². The number of rotatable bonds is 0. The molecule has 0 radical (unpaired) electrons. The van der Waals surface area contributed by atoms with Gasteiger partial charge in [-0.2, -0.15) is 0 Å². The van der Waals surface area contributed by atoms with Gasteiger partial charge >= 0.3 is 46.8 Å². The third kappa shape index (κ3) is 8.83. The standard InChI is InChI=1S/Cd.S.Se.Zn/q+2;2*-2;+2. The van der Waals surface area contributed by atoms with E-state index in [0.717, 1.165) is 0 Å². The van der Waals surface area contributed by atoms with Crippen LogP contribution in [-0.2, 0) is 60.3 Å². The van der Waals surface area contributed by atoms with Gasteiger partial charge in [0.2, 0.25) is 0 Å². The normalized spacial score (nSPS) is 0. The first kappa shape index (κ1) is 32.3. The van der Waals surface area contributed by atoms with Crippen LogP contribution in [0.15, 0.2) is 0 Å². The Morgan fingerprint density at radius 3 is 1.00 bits per heavy atom. The van der Waals surface area contributed by atoms with Gasteiger partial charge in [0.1, 0.15) is 0 Å². The average Bonchev–Trinajstić information content (AvgIpc) is 0. The monoisotopic (exact) mass is 290 g/mol. The van der Waals surface area contributed by atoms with E-state index >= 15 is 0 Å². The van der Waals surface area contributed by atoms with Crippen LogP contribution in [-0.4, -0.2) is 17.1 Å². The summed E-state index contributed by atoms with van der Waals surface area (Å²) in [5, 5.41) is 0. The molecule has 0 heterocycles. The Morgan fingerprint density at radius 1 is 1.00 bits per heavy atom. The van der Waals surface area contributed by atoms with Gasteiger partial charge in [0.05, 0.1) is 0 Å². The summed E-state index contributed by atoms with van der Waals surface area (Å²) >= 11 is 0. The first-order chi connectivity index (χ1) is 0. The Hall–Kier alpha value is 2.41. The summed E-state index contributed by atoms with van der Waals surface area (Å²) in [5.74, 6) is 0. The molecule has 4 heavy (non-hydrogen) atoms. The Labute approximate surface area is 76.3 Å². The zero-order chi connectivity index (χ0) is 0. The van der Waals surface area contributed by atoms with Crippen LogP contribution in [0.3, 0.4) is 0 Å². The van der Waals surface area contributed by atoms with Crippen LogP contribution in [0, 0.1) is 0 Å². The molecule has 0 saturated heterocycles. The van der Waals surface area contributed by atoms with Gasteiger partial charge in [0.15, 0.2) is 0 Å². The third-order valence-electron chi connectivity index (χ3n) is 0. The second kappa shape index (κ2) is 18.1. The van der Waals surface area contributed by atoms with Crippen LogP contribution in [0.2, 0.25) is 0 Å². The molecule has 0 bridgehead atoms. The van der Waals surface area contributed by atoms with Gasteiger partial charge in [0.25, 0.3) is 0 Å². The maximum atomic E-state index is 0. The van der Waals surface area contributed by atoms with E-state index in [1.54, 1.807) is 0 Å². The van der Waals surface area contributed by atoms with Crippen LogP contribution in [0.4, 0.5) is 0 Å². The van der Waals surface area contributed by atoms with Crippen molar-refractivity contribution >= 4 is 30.6 Å². The molecule has 0 spiro atoms. The van der Waals surface area contributed by atoms with E-state index < -0.39 is 0 Å². The van der Waals surface area contributed by atoms with Crippen molar-refractivity contribution in [2.75, 3.05) is 0 Å². The summed E-state index contributed by atoms with van der Waals surface area (Å²) in [6.45, 7) is 0. The van der Waals surface area contributed by atoms with Gasteiger partial charge in [-0.3, -0.25) is 0 Å². The van der Waals surface area contributed by atoms with Gasteiger partial charge < -0.3 is 30.6 Å². The number of hydrogen-bond donors (Lipinski definition) is 0. The summed E-state index contributed by atoms with van der Waals surface area (Å²) in [4.78, 5) is 0. The topological polar surface area (TPSA) is 0 Å². The van der Waals surface area contributed by atoms with Gasteiger partial charge in [0, 0.05) is 0 Å². The first-order valence-corrected chi connectivity index (χ1v) is 0. The first-order valence-electron chi connectivity index (χ1n) is 0. The maximum absolute atomic E-state index is 0. The molecule has 0 amide bonds. The van der Waals surface area contributed by atoms with Crippen molar-refractivity contribution in [2.45, 2.75) is 0 Å². The molecule has 0 aliphatic rings. The molecule has 0 saturated carbocycles. The summed E-state index contributed by atoms with van der Waals surface area (Å²) < 4.78 is 0. The Bertz CT molecular complexity index is 8.00. The predicted molar refractivity (Wildman–Crippen MR) is 13.1 cm³/mol. The van der Waals surface area contributed by atoms with Crippen molar-refractivity contribution in [3.63, 3.8) is 0 Å². The fourth-order valence-electron chi connectivity index (χ4n) is 0. The fraction of sp³-hybridized carbons (Fsp3) is 0. The molecule has 0 aromatic rings. The van der Waals surface area contributed by atoms with Crippen molar-refractivity contribution in [2.24, 2.45) is 0 Å². The van der Waals surface area contributed by atoms with Gasteiger partial charge in [-0.05, 0) is 0 Å². The zero-order valence-electron chi connectivity index (χ0n) is 2.23. The summed E-state index contributed by atoms with van der Waals surface area (Å²) in [6.07, 6.45) is 0. The van der Waals surface area contributed by atoms with Crippen molar-refractivity contribution in [3.8, 4) is 0 Å². The van der Waals surface area contributed by atoms with Gasteiger partial charge in [-0.1, -0.05) is 0 Å². The van der Waals surface area contributed by atoms with Crippen molar-refractivity contribution in [1.29, 1.82) is 0 Å². The maximum Gasteiger partial charge on any atom is 2.00 e. The van der Waals surface area contributed by atoms with Gasteiger partial charge in [-0.15, -0.1) is 0 Å². The quantitative estimate of drug-likeness (QED) is 0.533. The average molecular weight is 289 g/mol.